The summed E-state index contributed by atoms with van der Waals surface area (Å²) in [6.45, 7) is 0. The van der Waals surface area contributed by atoms with Gasteiger partial charge in [0, 0.05) is 17.1 Å². The molecule has 0 spiro atoms. The number of rotatable bonds is 1. The van der Waals surface area contributed by atoms with Crippen molar-refractivity contribution in [3.63, 3.8) is 0 Å². The van der Waals surface area contributed by atoms with Gasteiger partial charge in [-0.05, 0) is 42.0 Å². The first-order chi connectivity index (χ1) is 7.84. The van der Waals surface area contributed by atoms with Gasteiger partial charge in [0.2, 0.25) is 0 Å². The molecule has 1 radical (unpaired) electrons. The van der Waals surface area contributed by atoms with E-state index in [1.165, 1.54) is 12.1 Å². The number of H-pyrrole nitrogens is 1. The smallest absolute Gasteiger partial charge is 0.123 e. The Kier molecular flexibility index (Phi) is 2.00. The van der Waals surface area contributed by atoms with Crippen LogP contribution in [0.25, 0.3) is 22.0 Å². The summed E-state index contributed by atoms with van der Waals surface area (Å²) in [6.07, 6.45) is 1.88. The van der Waals surface area contributed by atoms with E-state index in [0.717, 1.165) is 22.0 Å². The Balaban J connectivity index is 2.29. The van der Waals surface area contributed by atoms with E-state index in [1.807, 2.05) is 30.5 Å². The summed E-state index contributed by atoms with van der Waals surface area (Å²) in [4.78, 5) is 3.16. The third kappa shape index (κ3) is 1.39. The molecule has 1 aromatic heterocycles. The molecule has 0 atom stereocenters. The molecular formula is C14H9FN. The van der Waals surface area contributed by atoms with Crippen LogP contribution in [0.3, 0.4) is 0 Å². The summed E-state index contributed by atoms with van der Waals surface area (Å²) in [5.41, 5.74) is 2.86. The molecule has 77 valence electrons. The largest absolute Gasteiger partial charge is 0.361 e. The fourth-order valence-corrected chi connectivity index (χ4v) is 1.91. The molecule has 0 aliphatic rings. The third-order valence-corrected chi connectivity index (χ3v) is 2.65. The van der Waals surface area contributed by atoms with Crippen molar-refractivity contribution < 1.29 is 4.39 Å². The van der Waals surface area contributed by atoms with Crippen LogP contribution >= 0.6 is 0 Å². The SMILES string of the molecule is Fc1cccc(-c2c[c]cc3cc[nH]c23)c1. The molecule has 0 fully saturated rings. The van der Waals surface area contributed by atoms with Crippen LogP contribution in [0.4, 0.5) is 4.39 Å². The van der Waals surface area contributed by atoms with Gasteiger partial charge in [-0.25, -0.2) is 4.39 Å². The standard InChI is InChI=1S/C14H9FN/c15-12-5-1-4-11(9-12)13-6-2-3-10-7-8-16-14(10)13/h1,3-9,16H. The van der Waals surface area contributed by atoms with Gasteiger partial charge in [0.15, 0.2) is 0 Å². The van der Waals surface area contributed by atoms with Crippen LogP contribution in [-0.2, 0) is 0 Å². The predicted octanol–water partition coefficient (Wildman–Crippen LogP) is 3.77. The van der Waals surface area contributed by atoms with Crippen molar-refractivity contribution in [3.8, 4) is 11.1 Å². The van der Waals surface area contributed by atoms with E-state index >= 15 is 0 Å². The zero-order valence-electron chi connectivity index (χ0n) is 8.50. The Morgan fingerprint density at radius 1 is 1.12 bits per heavy atom. The maximum atomic E-state index is 13.2. The minimum Gasteiger partial charge on any atom is -0.361 e. The Hall–Kier alpha value is -2.09. The molecule has 0 aliphatic heterocycles. The monoisotopic (exact) mass is 210 g/mol. The highest BCUT2D eigenvalue weighted by molar-refractivity contribution is 5.93. The zero-order chi connectivity index (χ0) is 11.0. The summed E-state index contributed by atoms with van der Waals surface area (Å²) in [6, 6.07) is 15.4. The van der Waals surface area contributed by atoms with Gasteiger partial charge in [0.25, 0.3) is 0 Å². The predicted molar refractivity (Wildman–Crippen MR) is 62.5 cm³/mol. The van der Waals surface area contributed by atoms with E-state index in [2.05, 4.69) is 11.1 Å². The van der Waals surface area contributed by atoms with E-state index in [-0.39, 0.29) is 5.82 Å². The maximum absolute atomic E-state index is 13.2. The van der Waals surface area contributed by atoms with Crippen molar-refractivity contribution in [2.75, 3.05) is 0 Å². The first-order valence-electron chi connectivity index (χ1n) is 5.08. The molecule has 16 heavy (non-hydrogen) atoms. The fourth-order valence-electron chi connectivity index (χ4n) is 1.91. The first-order valence-corrected chi connectivity index (χ1v) is 5.08. The highest BCUT2D eigenvalue weighted by Crippen LogP contribution is 2.27. The van der Waals surface area contributed by atoms with Crippen molar-refractivity contribution in [2.45, 2.75) is 0 Å². The molecule has 0 amide bonds. The fraction of sp³-hybridized carbons (Fsp3) is 0. The summed E-state index contributed by atoms with van der Waals surface area (Å²) in [5, 5.41) is 1.08. The van der Waals surface area contributed by atoms with E-state index in [0.29, 0.717) is 0 Å². The average Bonchev–Trinajstić information content (AvgIpc) is 2.76. The summed E-state index contributed by atoms with van der Waals surface area (Å²) >= 11 is 0. The van der Waals surface area contributed by atoms with Gasteiger partial charge in [0.1, 0.15) is 5.82 Å². The van der Waals surface area contributed by atoms with Crippen LogP contribution in [0.5, 0.6) is 0 Å². The van der Waals surface area contributed by atoms with Gasteiger partial charge in [-0.3, -0.25) is 0 Å². The van der Waals surface area contributed by atoms with E-state index < -0.39 is 0 Å². The average molecular weight is 210 g/mol. The van der Waals surface area contributed by atoms with Crippen molar-refractivity contribution in [1.29, 1.82) is 0 Å². The molecule has 0 saturated carbocycles. The van der Waals surface area contributed by atoms with E-state index in [4.69, 9.17) is 0 Å². The molecule has 0 unspecified atom stereocenters. The van der Waals surface area contributed by atoms with Crippen LogP contribution in [-0.4, -0.2) is 4.98 Å². The van der Waals surface area contributed by atoms with Crippen molar-refractivity contribution in [3.05, 3.63) is 60.5 Å². The van der Waals surface area contributed by atoms with Gasteiger partial charge in [-0.15, -0.1) is 0 Å². The van der Waals surface area contributed by atoms with Gasteiger partial charge < -0.3 is 4.98 Å². The summed E-state index contributed by atoms with van der Waals surface area (Å²) in [7, 11) is 0. The minimum absolute atomic E-state index is 0.221. The number of nitrogens with one attached hydrogen (secondary N) is 1. The van der Waals surface area contributed by atoms with Crippen LogP contribution in [0.1, 0.15) is 0 Å². The topological polar surface area (TPSA) is 15.8 Å². The number of hydrogen-bond acceptors (Lipinski definition) is 0. The lowest BCUT2D eigenvalue weighted by molar-refractivity contribution is 0.628. The lowest BCUT2D eigenvalue weighted by Gasteiger charge is -2.03. The third-order valence-electron chi connectivity index (χ3n) is 2.65. The van der Waals surface area contributed by atoms with Crippen LogP contribution in [0.15, 0.2) is 48.7 Å². The number of aromatic nitrogens is 1. The summed E-state index contributed by atoms with van der Waals surface area (Å²) < 4.78 is 13.2. The Bertz CT molecular complexity index is 640. The van der Waals surface area contributed by atoms with Crippen molar-refractivity contribution >= 4 is 10.9 Å². The molecule has 3 aromatic rings. The van der Waals surface area contributed by atoms with Gasteiger partial charge in [-0.1, -0.05) is 12.1 Å². The number of hydrogen-bond donors (Lipinski definition) is 1. The number of aromatic amines is 1. The molecule has 1 heterocycles. The second-order valence-electron chi connectivity index (χ2n) is 3.69. The summed E-state index contributed by atoms with van der Waals surface area (Å²) in [5.74, 6) is -0.221. The maximum Gasteiger partial charge on any atom is 0.123 e. The number of fused-ring (bicyclic) bond motifs is 1. The molecule has 2 heteroatoms. The molecular weight excluding hydrogens is 201 g/mol. The lowest BCUT2D eigenvalue weighted by atomic mass is 10.0. The van der Waals surface area contributed by atoms with Gasteiger partial charge >= 0.3 is 0 Å². The highest BCUT2D eigenvalue weighted by Gasteiger charge is 2.04. The lowest BCUT2D eigenvalue weighted by Crippen LogP contribution is -1.81. The molecule has 1 nitrogen and oxygen atoms in total. The molecule has 0 saturated heterocycles. The van der Waals surface area contributed by atoms with E-state index in [1.54, 1.807) is 6.07 Å². The molecule has 1 N–H and O–H groups in total. The zero-order valence-corrected chi connectivity index (χ0v) is 8.50. The molecule has 0 bridgehead atoms. The Morgan fingerprint density at radius 3 is 2.94 bits per heavy atom. The second kappa shape index (κ2) is 3.49. The van der Waals surface area contributed by atoms with Crippen LogP contribution in [0, 0.1) is 11.9 Å². The normalized spacial score (nSPS) is 10.8. The Morgan fingerprint density at radius 2 is 2.06 bits per heavy atom. The van der Waals surface area contributed by atoms with Crippen LogP contribution < -0.4 is 0 Å². The highest BCUT2D eigenvalue weighted by atomic mass is 19.1. The van der Waals surface area contributed by atoms with Gasteiger partial charge in [0.05, 0.1) is 5.52 Å². The second-order valence-corrected chi connectivity index (χ2v) is 3.69. The van der Waals surface area contributed by atoms with Crippen LogP contribution in [0.2, 0.25) is 0 Å². The molecule has 0 aliphatic carbocycles. The molecule has 3 rings (SSSR count). The first kappa shape index (κ1) is 9.16. The van der Waals surface area contributed by atoms with Crippen molar-refractivity contribution in [2.24, 2.45) is 0 Å². The van der Waals surface area contributed by atoms with E-state index in [9.17, 15) is 4.39 Å². The quantitative estimate of drug-likeness (QED) is 0.629. The number of benzene rings is 2. The van der Waals surface area contributed by atoms with Crippen molar-refractivity contribution in [1.82, 2.24) is 4.98 Å². The Labute approximate surface area is 92.5 Å². The van der Waals surface area contributed by atoms with Gasteiger partial charge in [-0.2, -0.15) is 0 Å². The molecule has 2 aromatic carbocycles. The number of halogens is 1. The minimum atomic E-state index is -0.221.